The molecule has 0 unspecified atom stereocenters. The second-order valence-corrected chi connectivity index (χ2v) is 6.97. The highest BCUT2D eigenvalue weighted by Gasteiger charge is 2.26. The molecule has 1 aromatic heterocycles. The van der Waals surface area contributed by atoms with Crippen LogP contribution in [0.3, 0.4) is 0 Å². The first-order chi connectivity index (χ1) is 7.60. The van der Waals surface area contributed by atoms with Crippen LogP contribution < -0.4 is 0 Å². The maximum absolute atomic E-state index is 12.2. The van der Waals surface area contributed by atoms with E-state index in [1.807, 2.05) is 0 Å². The van der Waals surface area contributed by atoms with Crippen molar-refractivity contribution in [2.75, 3.05) is 26.3 Å². The first-order valence-corrected chi connectivity index (χ1v) is 7.37. The summed E-state index contributed by atoms with van der Waals surface area (Å²) < 4.78 is 31.4. The lowest BCUT2D eigenvalue weighted by Crippen LogP contribution is -2.32. The quantitative estimate of drug-likeness (QED) is 0.793. The van der Waals surface area contributed by atoms with Crippen LogP contribution in [0.15, 0.2) is 10.4 Å². The number of hydrogen-bond donors (Lipinski definition) is 0. The van der Waals surface area contributed by atoms with E-state index in [0.29, 0.717) is 30.5 Å². The molecule has 1 fully saturated rings. The number of hydrogen-bond acceptors (Lipinski definition) is 5. The Balaban J connectivity index is 2.23. The first kappa shape index (κ1) is 12.0. The summed E-state index contributed by atoms with van der Waals surface area (Å²) in [5.74, 6) is 0. The van der Waals surface area contributed by atoms with Crippen molar-refractivity contribution < 1.29 is 13.2 Å². The van der Waals surface area contributed by atoms with Gasteiger partial charge in [-0.2, -0.15) is 4.31 Å². The summed E-state index contributed by atoms with van der Waals surface area (Å²) in [5, 5.41) is 0.768. The molecule has 0 aliphatic carbocycles. The summed E-state index contributed by atoms with van der Waals surface area (Å²) in [5.41, 5.74) is 0. The Morgan fingerprint density at radius 3 is 2.94 bits per heavy atom. The van der Waals surface area contributed by atoms with E-state index in [1.54, 1.807) is 6.92 Å². The highest BCUT2D eigenvalue weighted by Crippen LogP contribution is 2.22. The van der Waals surface area contributed by atoms with Gasteiger partial charge < -0.3 is 4.74 Å². The molecule has 0 saturated carbocycles. The van der Waals surface area contributed by atoms with E-state index in [4.69, 9.17) is 4.74 Å². The number of nitrogens with zero attached hydrogens (tertiary/aromatic N) is 2. The second kappa shape index (κ2) is 4.79. The third-order valence-electron chi connectivity index (χ3n) is 2.38. The molecule has 16 heavy (non-hydrogen) atoms. The topological polar surface area (TPSA) is 59.5 Å². The van der Waals surface area contributed by atoms with Crippen LogP contribution in [0.1, 0.15) is 11.4 Å². The van der Waals surface area contributed by atoms with Crippen LogP contribution in [-0.2, 0) is 14.8 Å². The molecule has 1 aliphatic heterocycles. The molecule has 1 saturated heterocycles. The Morgan fingerprint density at radius 1 is 1.44 bits per heavy atom. The first-order valence-electron chi connectivity index (χ1n) is 5.11. The number of thiazole rings is 1. The summed E-state index contributed by atoms with van der Waals surface area (Å²) in [6.07, 6.45) is 2.18. The van der Waals surface area contributed by atoms with E-state index >= 15 is 0 Å². The minimum atomic E-state index is -3.36. The zero-order chi connectivity index (χ0) is 11.6. The van der Waals surface area contributed by atoms with E-state index < -0.39 is 10.0 Å². The van der Waals surface area contributed by atoms with E-state index in [1.165, 1.54) is 21.8 Å². The van der Waals surface area contributed by atoms with Gasteiger partial charge in [0, 0.05) is 19.7 Å². The van der Waals surface area contributed by atoms with Crippen LogP contribution in [0, 0.1) is 6.92 Å². The van der Waals surface area contributed by atoms with Gasteiger partial charge >= 0.3 is 0 Å². The van der Waals surface area contributed by atoms with E-state index in [0.717, 1.165) is 11.4 Å². The van der Waals surface area contributed by atoms with Crippen LogP contribution >= 0.6 is 11.3 Å². The number of sulfonamides is 1. The van der Waals surface area contributed by atoms with Gasteiger partial charge in [0.15, 0.2) is 4.21 Å². The monoisotopic (exact) mass is 262 g/mol. The highest BCUT2D eigenvalue weighted by molar-refractivity contribution is 7.91. The van der Waals surface area contributed by atoms with Crippen LogP contribution in [0.25, 0.3) is 0 Å². The molecule has 90 valence electrons. The van der Waals surface area contributed by atoms with Crippen molar-refractivity contribution in [3.05, 3.63) is 11.2 Å². The van der Waals surface area contributed by atoms with E-state index in [9.17, 15) is 8.42 Å². The number of ether oxygens (including phenoxy) is 1. The van der Waals surface area contributed by atoms with Gasteiger partial charge in [0.25, 0.3) is 10.0 Å². The Bertz CT molecular complexity index is 447. The number of aryl methyl sites for hydroxylation is 1. The Labute approximate surface area is 99.1 Å². The van der Waals surface area contributed by atoms with Crippen LogP contribution in [0.5, 0.6) is 0 Å². The Morgan fingerprint density at radius 2 is 2.25 bits per heavy atom. The van der Waals surface area contributed by atoms with Gasteiger partial charge in [0.05, 0.1) is 17.8 Å². The Kier molecular flexibility index (Phi) is 3.58. The van der Waals surface area contributed by atoms with Crippen molar-refractivity contribution >= 4 is 21.4 Å². The highest BCUT2D eigenvalue weighted by atomic mass is 32.2. The van der Waals surface area contributed by atoms with Crippen molar-refractivity contribution in [3.63, 3.8) is 0 Å². The molecular formula is C9H14N2O3S2. The van der Waals surface area contributed by atoms with Gasteiger partial charge in [-0.05, 0) is 13.3 Å². The molecule has 1 aliphatic rings. The minimum absolute atomic E-state index is 0.326. The predicted octanol–water partition coefficient (Wildman–Crippen LogP) is 0.863. The smallest absolute Gasteiger partial charge is 0.254 e. The average molecular weight is 262 g/mol. The molecule has 0 radical (unpaired) electrons. The average Bonchev–Trinajstić information content (AvgIpc) is 2.54. The summed E-state index contributed by atoms with van der Waals surface area (Å²) in [4.78, 5) is 3.98. The molecule has 2 heterocycles. The molecule has 1 aromatic rings. The normalized spacial score (nSPS) is 19.6. The SMILES string of the molecule is Cc1ncc(S(=O)(=O)N2CCCOCC2)s1. The van der Waals surface area contributed by atoms with Gasteiger partial charge in [-0.25, -0.2) is 13.4 Å². The number of aromatic nitrogens is 1. The zero-order valence-corrected chi connectivity index (χ0v) is 10.7. The van der Waals surface area contributed by atoms with Crippen LogP contribution in [0.2, 0.25) is 0 Å². The van der Waals surface area contributed by atoms with Crippen molar-refractivity contribution in [2.45, 2.75) is 17.6 Å². The zero-order valence-electron chi connectivity index (χ0n) is 9.05. The maximum atomic E-state index is 12.2. The lowest BCUT2D eigenvalue weighted by molar-refractivity contribution is 0.148. The van der Waals surface area contributed by atoms with Crippen LogP contribution in [-0.4, -0.2) is 44.0 Å². The molecule has 0 aromatic carbocycles. The molecule has 0 amide bonds. The molecule has 0 N–H and O–H groups in total. The third-order valence-corrected chi connectivity index (χ3v) is 5.62. The maximum Gasteiger partial charge on any atom is 0.254 e. The van der Waals surface area contributed by atoms with Crippen LogP contribution in [0.4, 0.5) is 0 Å². The molecule has 0 atom stereocenters. The molecule has 5 nitrogen and oxygen atoms in total. The van der Waals surface area contributed by atoms with Crippen molar-refractivity contribution in [2.24, 2.45) is 0 Å². The fourth-order valence-corrected chi connectivity index (χ4v) is 4.28. The minimum Gasteiger partial charge on any atom is -0.380 e. The van der Waals surface area contributed by atoms with Crippen molar-refractivity contribution in [1.29, 1.82) is 0 Å². The fraction of sp³-hybridized carbons (Fsp3) is 0.667. The standard InChI is InChI=1S/C9H14N2O3S2/c1-8-10-7-9(15-8)16(12,13)11-3-2-5-14-6-4-11/h7H,2-6H2,1H3. The summed E-state index contributed by atoms with van der Waals surface area (Å²) in [7, 11) is -3.36. The van der Waals surface area contributed by atoms with E-state index in [-0.39, 0.29) is 0 Å². The summed E-state index contributed by atoms with van der Waals surface area (Å²) in [6, 6.07) is 0. The fourth-order valence-electron chi connectivity index (χ4n) is 1.55. The molecule has 0 spiro atoms. The third kappa shape index (κ3) is 2.42. The molecule has 2 rings (SSSR count). The molecular weight excluding hydrogens is 248 g/mol. The van der Waals surface area contributed by atoms with Crippen molar-refractivity contribution in [1.82, 2.24) is 9.29 Å². The van der Waals surface area contributed by atoms with Crippen molar-refractivity contribution in [3.8, 4) is 0 Å². The second-order valence-electron chi connectivity index (χ2n) is 3.57. The van der Waals surface area contributed by atoms with Gasteiger partial charge in [-0.15, -0.1) is 11.3 Å². The lowest BCUT2D eigenvalue weighted by Gasteiger charge is -2.17. The van der Waals surface area contributed by atoms with E-state index in [2.05, 4.69) is 4.98 Å². The largest absolute Gasteiger partial charge is 0.380 e. The predicted molar refractivity (Wildman–Crippen MR) is 61.0 cm³/mol. The van der Waals surface area contributed by atoms with Gasteiger partial charge in [0.2, 0.25) is 0 Å². The Hall–Kier alpha value is -0.500. The molecule has 7 heteroatoms. The van der Waals surface area contributed by atoms with Gasteiger partial charge in [0.1, 0.15) is 0 Å². The van der Waals surface area contributed by atoms with Gasteiger partial charge in [-0.1, -0.05) is 0 Å². The molecule has 0 bridgehead atoms. The lowest BCUT2D eigenvalue weighted by atomic mass is 10.5. The van der Waals surface area contributed by atoms with Gasteiger partial charge in [-0.3, -0.25) is 0 Å². The summed E-state index contributed by atoms with van der Waals surface area (Å²) >= 11 is 1.21. The number of rotatable bonds is 2. The summed E-state index contributed by atoms with van der Waals surface area (Å²) in [6.45, 7) is 3.86.